The molecule has 0 saturated carbocycles. The summed E-state index contributed by atoms with van der Waals surface area (Å²) in [5, 5.41) is 13.7. The average molecular weight is 271 g/mol. The summed E-state index contributed by atoms with van der Waals surface area (Å²) < 4.78 is 0. The summed E-state index contributed by atoms with van der Waals surface area (Å²) in [6, 6.07) is 7.77. The Morgan fingerprint density at radius 1 is 1.28 bits per heavy atom. The van der Waals surface area contributed by atoms with Gasteiger partial charge in [0.25, 0.3) is 0 Å². The summed E-state index contributed by atoms with van der Waals surface area (Å²) in [7, 11) is 4.08. The Labute approximate surface area is 115 Å². The van der Waals surface area contributed by atoms with Crippen molar-refractivity contribution in [2.45, 2.75) is 18.9 Å². The molecule has 0 radical (unpaired) electrons. The molecule has 102 valence electrons. The summed E-state index contributed by atoms with van der Waals surface area (Å²) in [5.74, 6) is 0. The normalized spacial score (nSPS) is 14.8. The summed E-state index contributed by atoms with van der Waals surface area (Å²) >= 11 is 5.86. The molecule has 1 unspecified atom stereocenters. The van der Waals surface area contributed by atoms with Crippen LogP contribution in [0.3, 0.4) is 0 Å². The highest BCUT2D eigenvalue weighted by Gasteiger charge is 2.22. The van der Waals surface area contributed by atoms with Gasteiger partial charge in [-0.1, -0.05) is 23.7 Å². The lowest BCUT2D eigenvalue weighted by Crippen LogP contribution is -2.49. The Balaban J connectivity index is 2.55. The van der Waals surface area contributed by atoms with Crippen LogP contribution >= 0.6 is 11.6 Å². The summed E-state index contributed by atoms with van der Waals surface area (Å²) in [6.07, 6.45) is 0.786. The number of aliphatic hydroxyl groups excluding tert-OH is 1. The number of rotatable bonds is 7. The molecule has 0 heterocycles. The third-order valence-electron chi connectivity index (χ3n) is 2.97. The molecule has 1 rings (SSSR count). The van der Waals surface area contributed by atoms with Crippen molar-refractivity contribution in [3.05, 3.63) is 34.9 Å². The molecule has 18 heavy (non-hydrogen) atoms. The topological polar surface area (TPSA) is 35.5 Å². The number of hydrogen-bond acceptors (Lipinski definition) is 3. The standard InChI is InChI=1S/C14H23ClN2O/c1-14(11-18,16-8-9-17(2)3)10-12-4-6-13(15)7-5-12/h4-7,16,18H,8-11H2,1-3H3. The largest absolute Gasteiger partial charge is 0.394 e. The lowest BCUT2D eigenvalue weighted by molar-refractivity contribution is 0.170. The van der Waals surface area contributed by atoms with Crippen molar-refractivity contribution in [3.63, 3.8) is 0 Å². The van der Waals surface area contributed by atoms with Crippen molar-refractivity contribution < 1.29 is 5.11 Å². The monoisotopic (exact) mass is 270 g/mol. The molecule has 0 spiro atoms. The fraction of sp³-hybridized carbons (Fsp3) is 0.571. The van der Waals surface area contributed by atoms with E-state index in [-0.39, 0.29) is 12.1 Å². The van der Waals surface area contributed by atoms with Crippen LogP contribution in [0.1, 0.15) is 12.5 Å². The van der Waals surface area contributed by atoms with Gasteiger partial charge in [0.15, 0.2) is 0 Å². The molecule has 0 aromatic heterocycles. The number of benzene rings is 1. The minimum absolute atomic E-state index is 0.114. The van der Waals surface area contributed by atoms with Crippen LogP contribution in [-0.4, -0.2) is 49.3 Å². The SMILES string of the molecule is CN(C)CCNC(C)(CO)Cc1ccc(Cl)cc1. The van der Waals surface area contributed by atoms with E-state index < -0.39 is 0 Å². The van der Waals surface area contributed by atoms with Crippen molar-refractivity contribution in [3.8, 4) is 0 Å². The lowest BCUT2D eigenvalue weighted by Gasteiger charge is -2.29. The van der Waals surface area contributed by atoms with Crippen molar-refractivity contribution in [1.29, 1.82) is 0 Å². The molecule has 4 heteroatoms. The Morgan fingerprint density at radius 2 is 1.89 bits per heavy atom. The van der Waals surface area contributed by atoms with Crippen LogP contribution in [0, 0.1) is 0 Å². The van der Waals surface area contributed by atoms with Gasteiger partial charge in [-0.05, 0) is 45.1 Å². The number of likely N-dealkylation sites (N-methyl/N-ethyl adjacent to an activating group) is 1. The van der Waals surface area contributed by atoms with Gasteiger partial charge >= 0.3 is 0 Å². The number of nitrogens with zero attached hydrogens (tertiary/aromatic N) is 1. The van der Waals surface area contributed by atoms with Crippen molar-refractivity contribution in [2.75, 3.05) is 33.8 Å². The summed E-state index contributed by atoms with van der Waals surface area (Å²) in [6.45, 7) is 3.97. The minimum atomic E-state index is -0.288. The van der Waals surface area contributed by atoms with Crippen LogP contribution in [-0.2, 0) is 6.42 Å². The quantitative estimate of drug-likeness (QED) is 0.793. The third-order valence-corrected chi connectivity index (χ3v) is 3.22. The number of hydrogen-bond donors (Lipinski definition) is 2. The van der Waals surface area contributed by atoms with E-state index in [1.807, 2.05) is 45.3 Å². The van der Waals surface area contributed by atoms with E-state index in [2.05, 4.69) is 10.2 Å². The lowest BCUT2D eigenvalue weighted by atomic mass is 9.93. The zero-order valence-electron chi connectivity index (χ0n) is 11.4. The predicted molar refractivity (Wildman–Crippen MR) is 77.2 cm³/mol. The fourth-order valence-corrected chi connectivity index (χ4v) is 1.93. The van der Waals surface area contributed by atoms with E-state index in [0.717, 1.165) is 24.5 Å². The Kier molecular flexibility index (Phi) is 6.09. The smallest absolute Gasteiger partial charge is 0.0613 e. The van der Waals surface area contributed by atoms with Gasteiger partial charge in [-0.2, -0.15) is 0 Å². The van der Waals surface area contributed by atoms with Crippen LogP contribution < -0.4 is 5.32 Å². The Morgan fingerprint density at radius 3 is 2.39 bits per heavy atom. The van der Waals surface area contributed by atoms with Crippen LogP contribution in [0.4, 0.5) is 0 Å². The number of nitrogens with one attached hydrogen (secondary N) is 1. The van der Waals surface area contributed by atoms with Gasteiger partial charge in [-0.25, -0.2) is 0 Å². The third kappa shape index (κ3) is 5.36. The molecule has 0 saturated heterocycles. The molecule has 0 fully saturated rings. The molecule has 2 N–H and O–H groups in total. The zero-order valence-corrected chi connectivity index (χ0v) is 12.2. The first-order valence-electron chi connectivity index (χ1n) is 6.20. The zero-order chi connectivity index (χ0) is 13.6. The van der Waals surface area contributed by atoms with Crippen LogP contribution in [0.5, 0.6) is 0 Å². The summed E-state index contributed by atoms with van der Waals surface area (Å²) in [4.78, 5) is 2.12. The van der Waals surface area contributed by atoms with Gasteiger partial charge in [0.2, 0.25) is 0 Å². The number of aliphatic hydroxyl groups is 1. The van der Waals surface area contributed by atoms with Gasteiger partial charge in [0.1, 0.15) is 0 Å². The molecule has 1 aromatic carbocycles. The molecule has 0 aliphatic rings. The van der Waals surface area contributed by atoms with Gasteiger partial charge in [0, 0.05) is 23.7 Å². The van der Waals surface area contributed by atoms with E-state index in [9.17, 15) is 5.11 Å². The molecule has 1 atom stereocenters. The molecule has 0 aliphatic carbocycles. The Bertz CT molecular complexity index is 353. The van der Waals surface area contributed by atoms with E-state index in [0.29, 0.717) is 0 Å². The fourth-order valence-electron chi connectivity index (χ4n) is 1.81. The second kappa shape index (κ2) is 7.10. The maximum atomic E-state index is 9.56. The highest BCUT2D eigenvalue weighted by Crippen LogP contribution is 2.15. The number of halogens is 1. The van der Waals surface area contributed by atoms with Gasteiger partial charge in [0.05, 0.1) is 6.61 Å². The Hall–Kier alpha value is -0.610. The van der Waals surface area contributed by atoms with Crippen molar-refractivity contribution in [2.24, 2.45) is 0 Å². The first-order valence-corrected chi connectivity index (χ1v) is 6.58. The van der Waals surface area contributed by atoms with Gasteiger partial charge < -0.3 is 15.3 Å². The maximum absolute atomic E-state index is 9.56. The van der Waals surface area contributed by atoms with Crippen molar-refractivity contribution >= 4 is 11.6 Å². The minimum Gasteiger partial charge on any atom is -0.394 e. The molecule has 3 nitrogen and oxygen atoms in total. The van der Waals surface area contributed by atoms with Gasteiger partial charge in [-0.15, -0.1) is 0 Å². The molecule has 1 aromatic rings. The van der Waals surface area contributed by atoms with E-state index in [4.69, 9.17) is 11.6 Å². The first-order chi connectivity index (χ1) is 8.45. The molecule has 0 amide bonds. The van der Waals surface area contributed by atoms with Crippen LogP contribution in [0.2, 0.25) is 5.02 Å². The average Bonchev–Trinajstić information content (AvgIpc) is 2.32. The molecule has 0 aliphatic heterocycles. The molecular formula is C14H23ClN2O. The van der Waals surface area contributed by atoms with Crippen molar-refractivity contribution in [1.82, 2.24) is 10.2 Å². The molecular weight excluding hydrogens is 248 g/mol. The first kappa shape index (κ1) is 15.4. The predicted octanol–water partition coefficient (Wildman–Crippen LogP) is 1.78. The van der Waals surface area contributed by atoms with Crippen LogP contribution in [0.25, 0.3) is 0 Å². The highest BCUT2D eigenvalue weighted by molar-refractivity contribution is 6.30. The maximum Gasteiger partial charge on any atom is 0.0613 e. The molecule has 0 bridgehead atoms. The summed E-state index contributed by atoms with van der Waals surface area (Å²) in [5.41, 5.74) is 0.886. The van der Waals surface area contributed by atoms with Gasteiger partial charge in [-0.3, -0.25) is 0 Å². The second-order valence-corrected chi connectivity index (χ2v) is 5.69. The highest BCUT2D eigenvalue weighted by atomic mass is 35.5. The van der Waals surface area contributed by atoms with E-state index in [1.165, 1.54) is 5.56 Å². The van der Waals surface area contributed by atoms with E-state index in [1.54, 1.807) is 0 Å². The second-order valence-electron chi connectivity index (χ2n) is 5.25. The van der Waals surface area contributed by atoms with Crippen LogP contribution in [0.15, 0.2) is 24.3 Å². The van der Waals surface area contributed by atoms with E-state index >= 15 is 0 Å².